The zero-order chi connectivity index (χ0) is 12.1. The molecule has 0 radical (unpaired) electrons. The van der Waals surface area contributed by atoms with Crippen LogP contribution in [0.3, 0.4) is 0 Å². The maximum atomic E-state index is 11.3. The highest BCUT2D eigenvalue weighted by molar-refractivity contribution is 7.99. The standard InChI is InChI=1S/C13H17N3OS/c17-10-5-6-11(7-10)18-13-15-14-12(8-1-2-8)16(13)9-3-4-9/h8-9,11H,1-7H2. The SMILES string of the molecule is O=C1CCC(Sc2nnc(C3CC3)n2C2CC2)C1. The highest BCUT2D eigenvalue weighted by Crippen LogP contribution is 2.47. The van der Waals surface area contributed by atoms with E-state index >= 15 is 0 Å². The predicted octanol–water partition coefficient (Wildman–Crippen LogP) is 2.70. The first-order valence-corrected chi connectivity index (χ1v) is 7.82. The molecule has 0 aromatic carbocycles. The van der Waals surface area contributed by atoms with E-state index in [0.29, 0.717) is 23.0 Å². The van der Waals surface area contributed by atoms with Crippen molar-refractivity contribution in [1.29, 1.82) is 0 Å². The van der Waals surface area contributed by atoms with Crippen LogP contribution in [0.5, 0.6) is 0 Å². The lowest BCUT2D eigenvalue weighted by molar-refractivity contribution is -0.117. The van der Waals surface area contributed by atoms with Crippen molar-refractivity contribution >= 4 is 17.5 Å². The van der Waals surface area contributed by atoms with Gasteiger partial charge in [0.05, 0.1) is 0 Å². The highest BCUT2D eigenvalue weighted by Gasteiger charge is 2.37. The third-order valence-electron chi connectivity index (χ3n) is 4.02. The van der Waals surface area contributed by atoms with E-state index in [2.05, 4.69) is 14.8 Å². The number of aromatic nitrogens is 3. The Morgan fingerprint density at radius 2 is 1.94 bits per heavy atom. The number of Topliss-reactive ketones (excluding diaryl/α,β-unsaturated/α-hetero) is 1. The maximum absolute atomic E-state index is 11.3. The third kappa shape index (κ3) is 1.98. The van der Waals surface area contributed by atoms with Crippen molar-refractivity contribution in [2.24, 2.45) is 0 Å². The van der Waals surface area contributed by atoms with Gasteiger partial charge in [0.15, 0.2) is 5.16 Å². The van der Waals surface area contributed by atoms with Crippen LogP contribution in [0.1, 0.15) is 62.7 Å². The van der Waals surface area contributed by atoms with Crippen molar-refractivity contribution in [3.05, 3.63) is 5.82 Å². The molecular weight excluding hydrogens is 246 g/mol. The summed E-state index contributed by atoms with van der Waals surface area (Å²) >= 11 is 1.78. The molecule has 3 aliphatic rings. The summed E-state index contributed by atoms with van der Waals surface area (Å²) in [7, 11) is 0. The van der Waals surface area contributed by atoms with E-state index in [1.54, 1.807) is 11.8 Å². The van der Waals surface area contributed by atoms with E-state index in [1.165, 1.54) is 31.5 Å². The Morgan fingerprint density at radius 3 is 2.56 bits per heavy atom. The third-order valence-corrected chi connectivity index (χ3v) is 5.24. The van der Waals surface area contributed by atoms with Gasteiger partial charge in [0.25, 0.3) is 0 Å². The van der Waals surface area contributed by atoms with E-state index < -0.39 is 0 Å². The Labute approximate surface area is 111 Å². The first kappa shape index (κ1) is 11.0. The molecule has 18 heavy (non-hydrogen) atoms. The predicted molar refractivity (Wildman–Crippen MR) is 68.8 cm³/mol. The van der Waals surface area contributed by atoms with Crippen LogP contribution in [-0.4, -0.2) is 25.8 Å². The van der Waals surface area contributed by atoms with Gasteiger partial charge in [0.2, 0.25) is 0 Å². The normalized spacial score (nSPS) is 28.0. The Bertz CT molecular complexity index is 490. The van der Waals surface area contributed by atoms with Gasteiger partial charge in [0.1, 0.15) is 11.6 Å². The minimum Gasteiger partial charge on any atom is -0.303 e. The summed E-state index contributed by atoms with van der Waals surface area (Å²) in [6, 6.07) is 0.648. The molecule has 1 heterocycles. The number of hydrogen-bond donors (Lipinski definition) is 0. The van der Waals surface area contributed by atoms with Gasteiger partial charge in [-0.05, 0) is 32.1 Å². The van der Waals surface area contributed by atoms with Crippen molar-refractivity contribution in [3.8, 4) is 0 Å². The lowest BCUT2D eigenvalue weighted by Crippen LogP contribution is -2.05. The molecule has 0 aliphatic heterocycles. The Morgan fingerprint density at radius 1 is 1.11 bits per heavy atom. The fourth-order valence-corrected chi connectivity index (χ4v) is 3.94. The molecule has 0 spiro atoms. The second-order valence-corrected chi connectivity index (χ2v) is 7.01. The summed E-state index contributed by atoms with van der Waals surface area (Å²) in [5.41, 5.74) is 0. The molecular formula is C13H17N3OS. The Balaban J connectivity index is 1.57. The number of carbonyl (C=O) groups excluding carboxylic acids is 1. The molecule has 4 nitrogen and oxygen atoms in total. The van der Waals surface area contributed by atoms with Crippen LogP contribution in [-0.2, 0) is 4.79 Å². The summed E-state index contributed by atoms with van der Waals surface area (Å²) in [5, 5.41) is 10.3. The molecule has 4 rings (SSSR count). The molecule has 1 unspecified atom stereocenters. The van der Waals surface area contributed by atoms with E-state index in [4.69, 9.17) is 0 Å². The summed E-state index contributed by atoms with van der Waals surface area (Å²) in [5.74, 6) is 2.29. The van der Waals surface area contributed by atoms with Crippen LogP contribution in [0.25, 0.3) is 0 Å². The number of carbonyl (C=O) groups is 1. The number of nitrogens with zero attached hydrogens (tertiary/aromatic N) is 3. The summed E-state index contributed by atoms with van der Waals surface area (Å²) in [6.07, 6.45) is 7.59. The van der Waals surface area contributed by atoms with Crippen LogP contribution in [0.2, 0.25) is 0 Å². The molecule has 3 aliphatic carbocycles. The van der Waals surface area contributed by atoms with Crippen LogP contribution in [0.4, 0.5) is 0 Å². The van der Waals surface area contributed by atoms with Crippen molar-refractivity contribution in [1.82, 2.24) is 14.8 Å². The molecule has 0 amide bonds. The van der Waals surface area contributed by atoms with Gasteiger partial charge in [-0.25, -0.2) is 0 Å². The quantitative estimate of drug-likeness (QED) is 0.838. The van der Waals surface area contributed by atoms with Gasteiger partial charge in [-0.3, -0.25) is 4.79 Å². The molecule has 0 N–H and O–H groups in total. The average Bonchev–Trinajstić information content (AvgIpc) is 3.27. The molecule has 0 bridgehead atoms. The average molecular weight is 263 g/mol. The smallest absolute Gasteiger partial charge is 0.191 e. The summed E-state index contributed by atoms with van der Waals surface area (Å²) in [4.78, 5) is 11.3. The minimum atomic E-state index is 0.410. The molecule has 5 heteroatoms. The molecule has 1 aromatic heterocycles. The fraction of sp³-hybridized carbons (Fsp3) is 0.769. The summed E-state index contributed by atoms with van der Waals surface area (Å²) in [6.45, 7) is 0. The van der Waals surface area contributed by atoms with Gasteiger partial charge in [-0.2, -0.15) is 0 Å². The van der Waals surface area contributed by atoms with Gasteiger partial charge in [-0.15, -0.1) is 10.2 Å². The molecule has 1 aromatic rings. The zero-order valence-electron chi connectivity index (χ0n) is 10.3. The van der Waals surface area contributed by atoms with Crippen LogP contribution < -0.4 is 0 Å². The van der Waals surface area contributed by atoms with E-state index in [9.17, 15) is 4.79 Å². The highest BCUT2D eigenvalue weighted by atomic mass is 32.2. The fourth-order valence-electron chi connectivity index (χ4n) is 2.69. The van der Waals surface area contributed by atoms with E-state index in [1.807, 2.05) is 0 Å². The second-order valence-electron chi connectivity index (χ2n) is 5.74. The van der Waals surface area contributed by atoms with Gasteiger partial charge < -0.3 is 4.57 Å². The zero-order valence-corrected chi connectivity index (χ0v) is 11.2. The maximum Gasteiger partial charge on any atom is 0.191 e. The summed E-state index contributed by atoms with van der Waals surface area (Å²) < 4.78 is 2.38. The van der Waals surface area contributed by atoms with Gasteiger partial charge >= 0.3 is 0 Å². The lowest BCUT2D eigenvalue weighted by Gasteiger charge is -2.10. The number of ketones is 1. The first-order valence-electron chi connectivity index (χ1n) is 6.94. The van der Waals surface area contributed by atoms with Crippen molar-refractivity contribution in [2.75, 3.05) is 0 Å². The van der Waals surface area contributed by atoms with Crippen LogP contribution in [0.15, 0.2) is 5.16 Å². The van der Waals surface area contributed by atoms with Gasteiger partial charge in [0, 0.05) is 30.1 Å². The number of rotatable bonds is 4. The van der Waals surface area contributed by atoms with Crippen molar-refractivity contribution in [3.63, 3.8) is 0 Å². The topological polar surface area (TPSA) is 47.8 Å². The lowest BCUT2D eigenvalue weighted by atomic mass is 10.4. The van der Waals surface area contributed by atoms with E-state index in [-0.39, 0.29) is 0 Å². The van der Waals surface area contributed by atoms with Crippen molar-refractivity contribution in [2.45, 2.75) is 67.3 Å². The Hall–Kier alpha value is -0.840. The molecule has 3 fully saturated rings. The number of thioether (sulfide) groups is 1. The Kier molecular flexibility index (Phi) is 2.50. The molecule has 96 valence electrons. The largest absolute Gasteiger partial charge is 0.303 e. The molecule has 1 atom stereocenters. The van der Waals surface area contributed by atoms with Crippen molar-refractivity contribution < 1.29 is 4.79 Å². The van der Waals surface area contributed by atoms with Crippen LogP contribution in [0, 0.1) is 0 Å². The first-order chi connectivity index (χ1) is 8.81. The number of hydrogen-bond acceptors (Lipinski definition) is 4. The van der Waals surface area contributed by atoms with Crippen LogP contribution >= 0.6 is 11.8 Å². The monoisotopic (exact) mass is 263 g/mol. The van der Waals surface area contributed by atoms with E-state index in [0.717, 1.165) is 24.4 Å². The molecule has 0 saturated heterocycles. The molecule has 3 saturated carbocycles. The van der Waals surface area contributed by atoms with Gasteiger partial charge in [-0.1, -0.05) is 11.8 Å². The second kappa shape index (κ2) is 4.08. The minimum absolute atomic E-state index is 0.410.